The molecule has 3 atom stereocenters. The zero-order chi connectivity index (χ0) is 9.76. The Hall–Kier alpha value is -0.280. The Labute approximate surface area is 96.8 Å². The number of carbonyl (C=O) groups excluding carboxylic acids is 1. The molecule has 1 amide bonds. The molecule has 0 aromatic carbocycles. The van der Waals surface area contributed by atoms with Gasteiger partial charge in [-0.2, -0.15) is 0 Å². The standard InChI is InChI=1S/C11H18N2O.ClH/c1-11(3-2-4-11)13-10(14)9-7-5-12-6-8(7)9;/h7-9,12H,2-6H2,1H3,(H,13,14);1H/t7-,8+,9-;. The highest BCUT2D eigenvalue weighted by molar-refractivity contribution is 5.85. The predicted molar refractivity (Wildman–Crippen MR) is 61.0 cm³/mol. The van der Waals surface area contributed by atoms with Crippen molar-refractivity contribution in [2.75, 3.05) is 13.1 Å². The lowest BCUT2D eigenvalue weighted by Crippen LogP contribution is -2.52. The van der Waals surface area contributed by atoms with E-state index in [1.54, 1.807) is 0 Å². The van der Waals surface area contributed by atoms with E-state index in [1.807, 2.05) is 0 Å². The first-order valence-electron chi connectivity index (χ1n) is 5.72. The predicted octanol–water partition coefficient (Wildman–Crippen LogP) is 0.932. The van der Waals surface area contributed by atoms with Crippen molar-refractivity contribution in [3.05, 3.63) is 0 Å². The zero-order valence-electron chi connectivity index (χ0n) is 9.08. The summed E-state index contributed by atoms with van der Waals surface area (Å²) in [5.41, 5.74) is 0.140. The van der Waals surface area contributed by atoms with Crippen molar-refractivity contribution in [2.45, 2.75) is 31.7 Å². The monoisotopic (exact) mass is 230 g/mol. The van der Waals surface area contributed by atoms with Gasteiger partial charge in [0, 0.05) is 11.5 Å². The summed E-state index contributed by atoms with van der Waals surface area (Å²) in [5.74, 6) is 1.97. The number of rotatable bonds is 2. The molecule has 3 aliphatic rings. The Morgan fingerprint density at radius 3 is 2.40 bits per heavy atom. The maximum absolute atomic E-state index is 11.9. The van der Waals surface area contributed by atoms with Crippen molar-refractivity contribution < 1.29 is 4.79 Å². The van der Waals surface area contributed by atoms with Crippen LogP contribution in [0.25, 0.3) is 0 Å². The summed E-state index contributed by atoms with van der Waals surface area (Å²) in [6.45, 7) is 4.28. The van der Waals surface area contributed by atoms with Crippen LogP contribution < -0.4 is 10.6 Å². The third-order valence-electron chi connectivity index (χ3n) is 4.28. The third-order valence-corrected chi connectivity index (χ3v) is 4.28. The molecule has 2 N–H and O–H groups in total. The van der Waals surface area contributed by atoms with E-state index in [2.05, 4.69) is 17.6 Å². The van der Waals surface area contributed by atoms with Gasteiger partial charge in [0.1, 0.15) is 0 Å². The number of fused-ring (bicyclic) bond motifs is 1. The molecular formula is C11H19ClN2O. The molecule has 3 fully saturated rings. The van der Waals surface area contributed by atoms with E-state index in [0.29, 0.717) is 23.7 Å². The molecule has 15 heavy (non-hydrogen) atoms. The summed E-state index contributed by atoms with van der Waals surface area (Å²) in [7, 11) is 0. The molecule has 0 unspecified atom stereocenters. The van der Waals surface area contributed by atoms with Crippen LogP contribution in [0.4, 0.5) is 0 Å². The van der Waals surface area contributed by atoms with E-state index in [9.17, 15) is 4.79 Å². The summed E-state index contributed by atoms with van der Waals surface area (Å²) in [6, 6.07) is 0. The van der Waals surface area contributed by atoms with Crippen LogP contribution >= 0.6 is 12.4 Å². The van der Waals surface area contributed by atoms with E-state index in [0.717, 1.165) is 13.1 Å². The topological polar surface area (TPSA) is 41.1 Å². The van der Waals surface area contributed by atoms with E-state index in [-0.39, 0.29) is 17.9 Å². The van der Waals surface area contributed by atoms with Crippen molar-refractivity contribution in [3.63, 3.8) is 0 Å². The first-order chi connectivity index (χ1) is 6.70. The van der Waals surface area contributed by atoms with Gasteiger partial charge in [0.05, 0.1) is 0 Å². The summed E-state index contributed by atoms with van der Waals surface area (Å²) in [6.07, 6.45) is 3.61. The second kappa shape index (κ2) is 3.63. The van der Waals surface area contributed by atoms with Crippen molar-refractivity contribution in [3.8, 4) is 0 Å². The van der Waals surface area contributed by atoms with Crippen LogP contribution in [0.15, 0.2) is 0 Å². The normalized spacial score (nSPS) is 39.7. The van der Waals surface area contributed by atoms with E-state index in [1.165, 1.54) is 19.3 Å². The molecule has 3 nitrogen and oxygen atoms in total. The van der Waals surface area contributed by atoms with Crippen LogP contribution in [0.5, 0.6) is 0 Å². The van der Waals surface area contributed by atoms with Crippen molar-refractivity contribution >= 4 is 18.3 Å². The molecule has 1 heterocycles. The quantitative estimate of drug-likeness (QED) is 0.741. The molecule has 0 radical (unpaired) electrons. The van der Waals surface area contributed by atoms with Gasteiger partial charge in [0.25, 0.3) is 0 Å². The SMILES string of the molecule is CC1(NC(=O)[C@@H]2[C@@H]3CNC[C@@H]32)CCC1.Cl. The smallest absolute Gasteiger partial charge is 0.224 e. The molecule has 0 aromatic rings. The second-order valence-electron chi connectivity index (χ2n) is 5.42. The number of halogens is 1. The number of hydrogen-bond donors (Lipinski definition) is 2. The third kappa shape index (κ3) is 1.76. The molecule has 1 aliphatic heterocycles. The molecule has 0 aromatic heterocycles. The largest absolute Gasteiger partial charge is 0.351 e. The molecule has 4 heteroatoms. The second-order valence-corrected chi connectivity index (χ2v) is 5.42. The van der Waals surface area contributed by atoms with Crippen LogP contribution in [0.1, 0.15) is 26.2 Å². The van der Waals surface area contributed by atoms with Gasteiger partial charge in [-0.3, -0.25) is 4.79 Å². The summed E-state index contributed by atoms with van der Waals surface area (Å²) >= 11 is 0. The summed E-state index contributed by atoms with van der Waals surface area (Å²) < 4.78 is 0. The van der Waals surface area contributed by atoms with Gasteiger partial charge < -0.3 is 10.6 Å². The van der Waals surface area contributed by atoms with Crippen LogP contribution in [0.3, 0.4) is 0 Å². The Bertz CT molecular complexity index is 268. The fraction of sp³-hybridized carbons (Fsp3) is 0.909. The lowest BCUT2D eigenvalue weighted by molar-refractivity contribution is -0.125. The van der Waals surface area contributed by atoms with Crippen LogP contribution in [-0.4, -0.2) is 24.5 Å². The number of hydrogen-bond acceptors (Lipinski definition) is 2. The number of carbonyl (C=O) groups is 1. The lowest BCUT2D eigenvalue weighted by atomic mass is 9.78. The van der Waals surface area contributed by atoms with Gasteiger partial charge >= 0.3 is 0 Å². The van der Waals surface area contributed by atoms with Gasteiger partial charge in [0.15, 0.2) is 0 Å². The van der Waals surface area contributed by atoms with Crippen LogP contribution in [0, 0.1) is 17.8 Å². The van der Waals surface area contributed by atoms with Gasteiger partial charge in [0.2, 0.25) is 5.91 Å². The maximum Gasteiger partial charge on any atom is 0.224 e. The highest BCUT2D eigenvalue weighted by Crippen LogP contribution is 2.49. The number of nitrogens with one attached hydrogen (secondary N) is 2. The fourth-order valence-electron chi connectivity index (χ4n) is 3.02. The number of piperidine rings is 1. The Morgan fingerprint density at radius 1 is 1.33 bits per heavy atom. The van der Waals surface area contributed by atoms with Crippen molar-refractivity contribution in [2.24, 2.45) is 17.8 Å². The van der Waals surface area contributed by atoms with Crippen molar-refractivity contribution in [1.29, 1.82) is 0 Å². The molecule has 2 aliphatic carbocycles. The fourth-order valence-corrected chi connectivity index (χ4v) is 3.02. The molecule has 0 spiro atoms. The minimum Gasteiger partial charge on any atom is -0.351 e. The average Bonchev–Trinajstić information content (AvgIpc) is 2.59. The van der Waals surface area contributed by atoms with Crippen molar-refractivity contribution in [1.82, 2.24) is 10.6 Å². The van der Waals surface area contributed by atoms with Gasteiger partial charge in [-0.25, -0.2) is 0 Å². The first-order valence-corrected chi connectivity index (χ1v) is 5.72. The summed E-state index contributed by atoms with van der Waals surface area (Å²) in [4.78, 5) is 11.9. The maximum atomic E-state index is 11.9. The molecular weight excluding hydrogens is 212 g/mol. The molecule has 86 valence electrons. The highest BCUT2D eigenvalue weighted by atomic mass is 35.5. The first kappa shape index (κ1) is 11.2. The highest BCUT2D eigenvalue weighted by Gasteiger charge is 2.57. The summed E-state index contributed by atoms with van der Waals surface area (Å²) in [5, 5.41) is 6.53. The molecule has 0 bridgehead atoms. The average molecular weight is 231 g/mol. The van der Waals surface area contributed by atoms with Gasteiger partial charge in [-0.15, -0.1) is 12.4 Å². The zero-order valence-corrected chi connectivity index (χ0v) is 9.90. The Balaban J connectivity index is 0.000000853. The lowest BCUT2D eigenvalue weighted by Gasteiger charge is -2.39. The van der Waals surface area contributed by atoms with Crippen LogP contribution in [-0.2, 0) is 4.79 Å². The van der Waals surface area contributed by atoms with Gasteiger partial charge in [-0.1, -0.05) is 0 Å². The Kier molecular flexibility index (Phi) is 2.72. The van der Waals surface area contributed by atoms with Gasteiger partial charge in [-0.05, 0) is 51.1 Å². The van der Waals surface area contributed by atoms with Crippen LogP contribution in [0.2, 0.25) is 0 Å². The number of amides is 1. The minimum absolute atomic E-state index is 0. The minimum atomic E-state index is 0. The molecule has 3 rings (SSSR count). The molecule has 1 saturated heterocycles. The van der Waals surface area contributed by atoms with E-state index in [4.69, 9.17) is 0 Å². The van der Waals surface area contributed by atoms with E-state index >= 15 is 0 Å². The van der Waals surface area contributed by atoms with E-state index < -0.39 is 0 Å². The molecule has 2 saturated carbocycles. The Morgan fingerprint density at radius 2 is 1.93 bits per heavy atom.